The molecule has 4 aliphatic carbocycles. The molecule has 1 heterocycles. The topological polar surface area (TPSA) is 34.1 Å². The van der Waals surface area contributed by atoms with Crippen molar-refractivity contribution in [3.05, 3.63) is 11.6 Å². The molecule has 4 fully saturated rings. The second kappa shape index (κ2) is 4.97. The second-order valence-corrected chi connectivity index (χ2v) is 10.1. The number of ketones is 2. The molecule has 124 valence electrons. The fourth-order valence-corrected chi connectivity index (χ4v) is 7.65. The molecule has 23 heavy (non-hydrogen) atoms. The lowest BCUT2D eigenvalue weighted by molar-refractivity contribution is -0.131. The van der Waals surface area contributed by atoms with E-state index in [4.69, 9.17) is 0 Å². The number of fused-ring (bicyclic) bond motifs is 5. The summed E-state index contributed by atoms with van der Waals surface area (Å²) >= 11 is 2.06. The predicted molar refractivity (Wildman–Crippen MR) is 92.2 cm³/mol. The van der Waals surface area contributed by atoms with Gasteiger partial charge in [-0.05, 0) is 67.8 Å². The van der Waals surface area contributed by atoms with E-state index in [9.17, 15) is 9.59 Å². The summed E-state index contributed by atoms with van der Waals surface area (Å²) in [5.41, 5.74) is 1.46. The number of carbonyl (C=O) groups is 2. The number of Topliss-reactive ketones (excluding diaryl/α,β-unsaturated/α-hetero) is 1. The smallest absolute Gasteiger partial charge is 0.155 e. The lowest BCUT2D eigenvalue weighted by Gasteiger charge is -2.53. The van der Waals surface area contributed by atoms with Crippen LogP contribution in [0.1, 0.15) is 51.9 Å². The molecule has 2 nitrogen and oxygen atoms in total. The van der Waals surface area contributed by atoms with E-state index in [1.165, 1.54) is 24.2 Å². The Balaban J connectivity index is 1.50. The molecule has 2 unspecified atom stereocenters. The molecule has 1 saturated heterocycles. The lowest BCUT2D eigenvalue weighted by Crippen LogP contribution is -2.49. The van der Waals surface area contributed by atoms with Crippen LogP contribution in [0.5, 0.6) is 0 Å². The highest BCUT2D eigenvalue weighted by atomic mass is 32.2. The van der Waals surface area contributed by atoms with Gasteiger partial charge in [-0.3, -0.25) is 9.59 Å². The van der Waals surface area contributed by atoms with Crippen molar-refractivity contribution in [2.45, 2.75) is 57.1 Å². The van der Waals surface area contributed by atoms with Gasteiger partial charge in [0.1, 0.15) is 5.78 Å². The molecule has 5 rings (SSSR count). The Morgan fingerprint density at radius 1 is 1.09 bits per heavy atom. The maximum Gasteiger partial charge on any atom is 0.155 e. The minimum Gasteiger partial charge on any atom is -0.299 e. The van der Waals surface area contributed by atoms with E-state index in [2.05, 4.69) is 18.7 Å². The van der Waals surface area contributed by atoms with Crippen LogP contribution in [0.4, 0.5) is 0 Å². The highest BCUT2D eigenvalue weighted by Crippen LogP contribution is 2.62. The second-order valence-electron chi connectivity index (χ2n) is 8.84. The summed E-state index contributed by atoms with van der Waals surface area (Å²) in [5, 5.41) is 0.741. The summed E-state index contributed by atoms with van der Waals surface area (Å²) in [4.78, 5) is 24.6. The number of hydrogen-bond acceptors (Lipinski definition) is 3. The first-order valence-corrected chi connectivity index (χ1v) is 10.5. The van der Waals surface area contributed by atoms with Crippen molar-refractivity contribution in [2.24, 2.45) is 35.0 Å². The highest BCUT2D eigenvalue weighted by Gasteiger charge is 2.58. The fraction of sp³-hybridized carbons (Fsp3) is 0.800. The number of thioether (sulfide) groups is 1. The van der Waals surface area contributed by atoms with Crippen molar-refractivity contribution in [3.63, 3.8) is 0 Å². The van der Waals surface area contributed by atoms with Gasteiger partial charge in [-0.2, -0.15) is 11.8 Å². The van der Waals surface area contributed by atoms with Gasteiger partial charge in [0.15, 0.2) is 5.78 Å². The molecule has 5 aliphatic rings. The molecule has 3 saturated carbocycles. The Kier molecular flexibility index (Phi) is 3.19. The van der Waals surface area contributed by atoms with E-state index in [1.807, 2.05) is 6.08 Å². The third-order valence-electron chi connectivity index (χ3n) is 7.94. The minimum atomic E-state index is -0.0172. The van der Waals surface area contributed by atoms with Gasteiger partial charge >= 0.3 is 0 Å². The van der Waals surface area contributed by atoms with Crippen LogP contribution in [-0.4, -0.2) is 22.6 Å². The van der Waals surface area contributed by atoms with Crippen LogP contribution in [0.25, 0.3) is 0 Å². The average Bonchev–Trinajstić information content (AvgIpc) is 3.32. The average molecular weight is 330 g/mol. The van der Waals surface area contributed by atoms with Crippen molar-refractivity contribution in [1.29, 1.82) is 0 Å². The standard InChI is InChI=1S/C20H26O2S/c1-20-7-6-14-13(16(20)4-5-18(20)22)3-2-11-8-12(21)9-15(19(11)14)17-10-23-17/h8,13-17,19H,2-7,9-10H2,1H3/t13-,14+,15?,16+,17?,19+,20+/m1/s1. The molecule has 7 atom stereocenters. The normalized spacial score (nSPS) is 51.6. The fourth-order valence-electron chi connectivity index (χ4n) is 6.78. The SMILES string of the molecule is C[C@]12CC[C@H]3[C@@H](CCC4=CC(=O)CC(C5CS5)[C@@H]43)[C@@H]1CCC2=O. The van der Waals surface area contributed by atoms with Crippen LogP contribution in [0.2, 0.25) is 0 Å². The summed E-state index contributed by atoms with van der Waals surface area (Å²) in [7, 11) is 0. The van der Waals surface area contributed by atoms with Crippen LogP contribution in [0.15, 0.2) is 11.6 Å². The quantitative estimate of drug-likeness (QED) is 0.681. The Morgan fingerprint density at radius 3 is 2.70 bits per heavy atom. The van der Waals surface area contributed by atoms with Gasteiger partial charge < -0.3 is 0 Å². The summed E-state index contributed by atoms with van der Waals surface area (Å²) in [6, 6.07) is 0. The van der Waals surface area contributed by atoms with Gasteiger partial charge in [0.25, 0.3) is 0 Å². The Labute approximate surface area is 142 Å². The molecular weight excluding hydrogens is 304 g/mol. The zero-order valence-corrected chi connectivity index (χ0v) is 14.7. The number of allylic oxidation sites excluding steroid dienone is 1. The van der Waals surface area contributed by atoms with E-state index < -0.39 is 0 Å². The van der Waals surface area contributed by atoms with Gasteiger partial charge in [-0.1, -0.05) is 12.5 Å². The minimum absolute atomic E-state index is 0.0172. The Hall–Kier alpha value is -0.570. The molecule has 0 N–H and O–H groups in total. The molecule has 0 aromatic heterocycles. The maximum absolute atomic E-state index is 12.5. The predicted octanol–water partition coefficient (Wildman–Crippen LogP) is 4.04. The van der Waals surface area contributed by atoms with Crippen LogP contribution in [0.3, 0.4) is 0 Å². The van der Waals surface area contributed by atoms with Crippen LogP contribution >= 0.6 is 11.8 Å². The monoisotopic (exact) mass is 330 g/mol. The molecule has 3 heteroatoms. The molecule has 0 aromatic rings. The van der Waals surface area contributed by atoms with Gasteiger partial charge in [0.05, 0.1) is 0 Å². The molecule has 1 aliphatic heterocycles. The number of hydrogen-bond donors (Lipinski definition) is 0. The summed E-state index contributed by atoms with van der Waals surface area (Å²) in [6.07, 6.45) is 9.40. The highest BCUT2D eigenvalue weighted by molar-refractivity contribution is 8.06. The number of carbonyl (C=O) groups excluding carboxylic acids is 2. The molecule has 0 radical (unpaired) electrons. The van der Waals surface area contributed by atoms with Gasteiger partial charge in [-0.25, -0.2) is 0 Å². The third kappa shape index (κ3) is 2.08. The van der Waals surface area contributed by atoms with Crippen molar-refractivity contribution in [1.82, 2.24) is 0 Å². The van der Waals surface area contributed by atoms with Crippen molar-refractivity contribution in [3.8, 4) is 0 Å². The molecular formula is C20H26O2S. The van der Waals surface area contributed by atoms with E-state index in [-0.39, 0.29) is 5.41 Å². The molecule has 0 amide bonds. The van der Waals surface area contributed by atoms with Crippen LogP contribution in [0, 0.1) is 35.0 Å². The maximum atomic E-state index is 12.5. The Morgan fingerprint density at radius 2 is 1.91 bits per heavy atom. The lowest BCUT2D eigenvalue weighted by atomic mass is 9.50. The Bertz CT molecular complexity index is 605. The summed E-state index contributed by atoms with van der Waals surface area (Å²) < 4.78 is 0. The first-order chi connectivity index (χ1) is 11.1. The first-order valence-electron chi connectivity index (χ1n) is 9.46. The van der Waals surface area contributed by atoms with Gasteiger partial charge in [0, 0.05) is 29.3 Å². The van der Waals surface area contributed by atoms with E-state index in [1.54, 1.807) is 0 Å². The van der Waals surface area contributed by atoms with Crippen molar-refractivity contribution in [2.75, 3.05) is 5.75 Å². The van der Waals surface area contributed by atoms with Gasteiger partial charge in [0.2, 0.25) is 0 Å². The first kappa shape index (κ1) is 14.7. The molecule has 0 bridgehead atoms. The van der Waals surface area contributed by atoms with E-state index >= 15 is 0 Å². The third-order valence-corrected chi connectivity index (χ3v) is 9.01. The zero-order valence-electron chi connectivity index (χ0n) is 13.9. The van der Waals surface area contributed by atoms with Crippen molar-refractivity contribution >= 4 is 23.3 Å². The van der Waals surface area contributed by atoms with Crippen molar-refractivity contribution < 1.29 is 9.59 Å². The largest absolute Gasteiger partial charge is 0.299 e. The van der Waals surface area contributed by atoms with Gasteiger partial charge in [-0.15, -0.1) is 0 Å². The summed E-state index contributed by atoms with van der Waals surface area (Å²) in [5.74, 6) is 5.55. The van der Waals surface area contributed by atoms with Crippen LogP contribution in [-0.2, 0) is 9.59 Å². The zero-order chi connectivity index (χ0) is 15.8. The summed E-state index contributed by atoms with van der Waals surface area (Å²) in [6.45, 7) is 2.26. The number of rotatable bonds is 1. The van der Waals surface area contributed by atoms with E-state index in [0.717, 1.165) is 49.2 Å². The molecule has 0 spiro atoms. The molecule has 0 aromatic carbocycles. The van der Waals surface area contributed by atoms with Crippen LogP contribution < -0.4 is 0 Å². The van der Waals surface area contributed by atoms with E-state index in [0.29, 0.717) is 29.3 Å².